The summed E-state index contributed by atoms with van der Waals surface area (Å²) in [5, 5.41) is 7.47. The van der Waals surface area contributed by atoms with Crippen LogP contribution in [0.2, 0.25) is 0 Å². The van der Waals surface area contributed by atoms with Crippen molar-refractivity contribution < 1.29 is 4.74 Å². The van der Waals surface area contributed by atoms with Crippen molar-refractivity contribution in [2.75, 3.05) is 19.8 Å². The van der Waals surface area contributed by atoms with E-state index in [0.717, 1.165) is 39.1 Å². The van der Waals surface area contributed by atoms with Crippen molar-refractivity contribution in [3.05, 3.63) is 18.0 Å². The van der Waals surface area contributed by atoms with Crippen LogP contribution in [0, 0.1) is 0 Å². The van der Waals surface area contributed by atoms with Crippen LogP contribution in [0.1, 0.15) is 25.3 Å². The van der Waals surface area contributed by atoms with Gasteiger partial charge in [-0.15, -0.1) is 0 Å². The molecule has 0 unspecified atom stereocenters. The Labute approximate surface area is 91.6 Å². The van der Waals surface area contributed by atoms with E-state index in [-0.39, 0.29) is 0 Å². The summed E-state index contributed by atoms with van der Waals surface area (Å²) in [5.74, 6) is 0. The van der Waals surface area contributed by atoms with Crippen molar-refractivity contribution in [1.29, 1.82) is 0 Å². The Morgan fingerprint density at radius 2 is 2.33 bits per heavy atom. The second kappa shape index (κ2) is 7.43. The molecular weight excluding hydrogens is 190 g/mol. The lowest BCUT2D eigenvalue weighted by Gasteiger charge is -2.03. The third-order valence-electron chi connectivity index (χ3n) is 2.08. The average Bonchev–Trinajstić information content (AvgIpc) is 2.63. The molecule has 1 rings (SSSR count). The van der Waals surface area contributed by atoms with Crippen LogP contribution >= 0.6 is 0 Å². The molecule has 0 saturated carbocycles. The third-order valence-corrected chi connectivity index (χ3v) is 2.08. The molecule has 0 amide bonds. The molecule has 0 aromatic carbocycles. The van der Waals surface area contributed by atoms with Crippen molar-refractivity contribution in [3.8, 4) is 0 Å². The summed E-state index contributed by atoms with van der Waals surface area (Å²) in [4.78, 5) is 0. The summed E-state index contributed by atoms with van der Waals surface area (Å²) in [5.41, 5.74) is 1.23. The Morgan fingerprint density at radius 1 is 1.47 bits per heavy atom. The van der Waals surface area contributed by atoms with E-state index in [4.69, 9.17) is 4.74 Å². The summed E-state index contributed by atoms with van der Waals surface area (Å²) in [7, 11) is 1.93. The van der Waals surface area contributed by atoms with Crippen LogP contribution in [0.4, 0.5) is 0 Å². The molecule has 0 atom stereocenters. The highest BCUT2D eigenvalue weighted by Gasteiger charge is 1.94. The summed E-state index contributed by atoms with van der Waals surface area (Å²) in [6, 6.07) is 0. The van der Waals surface area contributed by atoms with Crippen LogP contribution in [-0.2, 0) is 18.3 Å². The standard InChI is InChI=1S/C11H21N3O/c1-3-6-15-7-4-5-12-8-11-9-13-14(2)10-11/h9-10,12H,3-8H2,1-2H3. The summed E-state index contributed by atoms with van der Waals surface area (Å²) >= 11 is 0. The van der Waals surface area contributed by atoms with Crippen molar-refractivity contribution in [2.45, 2.75) is 26.3 Å². The molecule has 1 heterocycles. The molecule has 4 heteroatoms. The lowest BCUT2D eigenvalue weighted by atomic mass is 10.3. The van der Waals surface area contributed by atoms with Gasteiger partial charge in [0.2, 0.25) is 0 Å². The van der Waals surface area contributed by atoms with Gasteiger partial charge in [-0.25, -0.2) is 0 Å². The predicted octanol–water partition coefficient (Wildman–Crippen LogP) is 1.33. The van der Waals surface area contributed by atoms with Gasteiger partial charge in [-0.3, -0.25) is 4.68 Å². The first-order valence-corrected chi connectivity index (χ1v) is 5.59. The molecule has 1 aromatic rings. The minimum absolute atomic E-state index is 0.855. The molecule has 0 aliphatic rings. The van der Waals surface area contributed by atoms with E-state index in [1.165, 1.54) is 5.56 Å². The van der Waals surface area contributed by atoms with Crippen molar-refractivity contribution in [3.63, 3.8) is 0 Å². The second-order valence-corrected chi connectivity index (χ2v) is 3.66. The fraction of sp³-hybridized carbons (Fsp3) is 0.727. The predicted molar refractivity (Wildman–Crippen MR) is 60.6 cm³/mol. The van der Waals surface area contributed by atoms with E-state index < -0.39 is 0 Å². The molecule has 0 aliphatic heterocycles. The average molecular weight is 211 g/mol. The zero-order valence-corrected chi connectivity index (χ0v) is 9.70. The SMILES string of the molecule is CCCOCCCNCc1cnn(C)c1. The zero-order chi connectivity index (χ0) is 10.9. The van der Waals surface area contributed by atoms with Crippen molar-refractivity contribution in [1.82, 2.24) is 15.1 Å². The number of nitrogens with one attached hydrogen (secondary N) is 1. The zero-order valence-electron chi connectivity index (χ0n) is 9.70. The smallest absolute Gasteiger partial charge is 0.0534 e. The molecule has 0 aliphatic carbocycles. The number of hydrogen-bond donors (Lipinski definition) is 1. The van der Waals surface area contributed by atoms with Gasteiger partial charge in [0.15, 0.2) is 0 Å². The second-order valence-electron chi connectivity index (χ2n) is 3.66. The van der Waals surface area contributed by atoms with Gasteiger partial charge in [0.25, 0.3) is 0 Å². The largest absolute Gasteiger partial charge is 0.381 e. The quantitative estimate of drug-likeness (QED) is 0.659. The Bertz CT molecular complexity index is 260. The molecule has 0 spiro atoms. The fourth-order valence-corrected chi connectivity index (χ4v) is 1.34. The van der Waals surface area contributed by atoms with Crippen molar-refractivity contribution >= 4 is 0 Å². The van der Waals surface area contributed by atoms with Crippen LogP contribution in [0.25, 0.3) is 0 Å². The fourth-order valence-electron chi connectivity index (χ4n) is 1.34. The molecule has 4 nitrogen and oxygen atoms in total. The lowest BCUT2D eigenvalue weighted by Crippen LogP contribution is -2.16. The summed E-state index contributed by atoms with van der Waals surface area (Å²) < 4.78 is 7.20. The first kappa shape index (κ1) is 12.2. The lowest BCUT2D eigenvalue weighted by molar-refractivity contribution is 0.132. The molecule has 15 heavy (non-hydrogen) atoms. The molecule has 0 radical (unpaired) electrons. The molecular formula is C11H21N3O. The van der Waals surface area contributed by atoms with E-state index in [1.54, 1.807) is 0 Å². The van der Waals surface area contributed by atoms with Gasteiger partial charge in [0.1, 0.15) is 0 Å². The van der Waals surface area contributed by atoms with E-state index in [9.17, 15) is 0 Å². The van der Waals surface area contributed by atoms with Crippen molar-refractivity contribution in [2.24, 2.45) is 7.05 Å². The highest BCUT2D eigenvalue weighted by molar-refractivity contribution is 5.02. The number of aryl methyl sites for hydroxylation is 1. The Balaban J connectivity index is 1.93. The first-order chi connectivity index (χ1) is 7.33. The van der Waals surface area contributed by atoms with Crippen LogP contribution in [0.15, 0.2) is 12.4 Å². The van der Waals surface area contributed by atoms with E-state index in [2.05, 4.69) is 17.3 Å². The van der Waals surface area contributed by atoms with Crippen LogP contribution in [-0.4, -0.2) is 29.5 Å². The van der Waals surface area contributed by atoms with Gasteiger partial charge in [-0.05, 0) is 19.4 Å². The molecule has 0 bridgehead atoms. The molecule has 1 aromatic heterocycles. The van der Waals surface area contributed by atoms with Crippen LogP contribution in [0.5, 0.6) is 0 Å². The van der Waals surface area contributed by atoms with E-state index >= 15 is 0 Å². The third kappa shape index (κ3) is 5.54. The molecule has 0 saturated heterocycles. The summed E-state index contributed by atoms with van der Waals surface area (Å²) in [6.07, 6.45) is 6.09. The number of aromatic nitrogens is 2. The Morgan fingerprint density at radius 3 is 3.00 bits per heavy atom. The van der Waals surface area contributed by atoms with Gasteiger partial charge in [0, 0.05) is 38.6 Å². The van der Waals surface area contributed by atoms with Gasteiger partial charge in [-0.1, -0.05) is 6.92 Å². The topological polar surface area (TPSA) is 39.1 Å². The molecule has 86 valence electrons. The summed E-state index contributed by atoms with van der Waals surface area (Å²) in [6.45, 7) is 5.75. The Hall–Kier alpha value is -0.870. The van der Waals surface area contributed by atoms with Crippen LogP contribution in [0.3, 0.4) is 0 Å². The van der Waals surface area contributed by atoms with Gasteiger partial charge < -0.3 is 10.1 Å². The Kier molecular flexibility index (Phi) is 6.04. The first-order valence-electron chi connectivity index (χ1n) is 5.59. The highest BCUT2D eigenvalue weighted by atomic mass is 16.5. The number of nitrogens with zero attached hydrogens (tertiary/aromatic N) is 2. The highest BCUT2D eigenvalue weighted by Crippen LogP contribution is 1.94. The normalized spacial score (nSPS) is 10.8. The number of hydrogen-bond acceptors (Lipinski definition) is 3. The van der Waals surface area contributed by atoms with Crippen LogP contribution < -0.4 is 5.32 Å². The monoisotopic (exact) mass is 211 g/mol. The van der Waals surface area contributed by atoms with Gasteiger partial charge >= 0.3 is 0 Å². The maximum Gasteiger partial charge on any atom is 0.0534 e. The minimum Gasteiger partial charge on any atom is -0.381 e. The number of ether oxygens (including phenoxy) is 1. The maximum atomic E-state index is 5.38. The molecule has 0 fully saturated rings. The van der Waals surface area contributed by atoms with Gasteiger partial charge in [-0.2, -0.15) is 5.10 Å². The maximum absolute atomic E-state index is 5.38. The van der Waals surface area contributed by atoms with Gasteiger partial charge in [0.05, 0.1) is 6.20 Å². The van der Waals surface area contributed by atoms with E-state index in [0.29, 0.717) is 0 Å². The molecule has 1 N–H and O–H groups in total. The number of rotatable bonds is 8. The van der Waals surface area contributed by atoms with E-state index in [1.807, 2.05) is 24.1 Å². The minimum atomic E-state index is 0.855.